The van der Waals surface area contributed by atoms with E-state index in [1.54, 1.807) is 6.07 Å². The number of ether oxygens (including phenoxy) is 2. The Morgan fingerprint density at radius 2 is 1.75 bits per heavy atom. The zero-order valence-corrected chi connectivity index (χ0v) is 16.2. The third-order valence-corrected chi connectivity index (χ3v) is 5.08. The van der Waals surface area contributed by atoms with Gasteiger partial charge in [-0.05, 0) is 38.0 Å². The van der Waals surface area contributed by atoms with Gasteiger partial charge >= 0.3 is 0 Å². The lowest BCUT2D eigenvalue weighted by Gasteiger charge is -2.19. The molecule has 28 heavy (non-hydrogen) atoms. The zero-order valence-electron chi connectivity index (χ0n) is 16.2. The molecule has 0 atom stereocenters. The highest BCUT2D eigenvalue weighted by Gasteiger charge is 2.18. The Kier molecular flexibility index (Phi) is 5.60. The Morgan fingerprint density at radius 3 is 2.54 bits per heavy atom. The van der Waals surface area contributed by atoms with Crippen molar-refractivity contribution in [3.05, 3.63) is 35.7 Å². The van der Waals surface area contributed by atoms with Crippen LogP contribution >= 0.6 is 0 Å². The first-order valence-electron chi connectivity index (χ1n) is 10.0. The van der Waals surface area contributed by atoms with E-state index in [0.717, 1.165) is 30.0 Å². The normalized spacial score (nSPS) is 16.9. The summed E-state index contributed by atoms with van der Waals surface area (Å²) in [6.45, 7) is 2.95. The maximum absolute atomic E-state index is 12.7. The van der Waals surface area contributed by atoms with E-state index in [0.29, 0.717) is 30.6 Å². The van der Waals surface area contributed by atoms with Crippen molar-refractivity contribution in [2.75, 3.05) is 18.5 Å². The first kappa shape index (κ1) is 18.5. The average molecular weight is 382 g/mol. The van der Waals surface area contributed by atoms with Gasteiger partial charge in [0.1, 0.15) is 18.9 Å². The molecule has 2 heterocycles. The van der Waals surface area contributed by atoms with Crippen molar-refractivity contribution < 1.29 is 14.3 Å². The molecule has 7 heteroatoms. The molecule has 1 fully saturated rings. The summed E-state index contributed by atoms with van der Waals surface area (Å²) < 4.78 is 11.2. The Bertz CT molecular complexity index is 848. The SMILES string of the molecule is Cc1cc(C(=O)NC2CCCCCC2)nc(Nc2ccc3c(c2)OCCO3)n1. The number of carbonyl (C=O) groups is 1. The Hall–Kier alpha value is -2.83. The number of hydrogen-bond acceptors (Lipinski definition) is 6. The number of carbonyl (C=O) groups excluding carboxylic acids is 1. The summed E-state index contributed by atoms with van der Waals surface area (Å²) in [6.07, 6.45) is 6.93. The molecular weight excluding hydrogens is 356 g/mol. The van der Waals surface area contributed by atoms with E-state index >= 15 is 0 Å². The number of fused-ring (bicyclic) bond motifs is 1. The Labute approximate surface area is 164 Å². The summed E-state index contributed by atoms with van der Waals surface area (Å²) in [6, 6.07) is 7.54. The number of aromatic nitrogens is 2. The minimum atomic E-state index is -0.136. The highest BCUT2D eigenvalue weighted by Crippen LogP contribution is 2.33. The predicted octanol–water partition coefficient (Wildman–Crippen LogP) is 3.75. The van der Waals surface area contributed by atoms with Gasteiger partial charge < -0.3 is 20.1 Å². The molecule has 1 aliphatic heterocycles. The smallest absolute Gasteiger partial charge is 0.270 e. The lowest BCUT2D eigenvalue weighted by molar-refractivity contribution is 0.0928. The summed E-state index contributed by atoms with van der Waals surface area (Å²) in [5.74, 6) is 1.67. The molecule has 1 aromatic carbocycles. The van der Waals surface area contributed by atoms with Crippen LogP contribution in [0.3, 0.4) is 0 Å². The quantitative estimate of drug-likeness (QED) is 0.784. The molecule has 0 bridgehead atoms. The third-order valence-electron chi connectivity index (χ3n) is 5.08. The van der Waals surface area contributed by atoms with Gasteiger partial charge in [-0.15, -0.1) is 0 Å². The van der Waals surface area contributed by atoms with Crippen LogP contribution in [-0.4, -0.2) is 35.1 Å². The number of benzene rings is 1. The molecule has 1 aliphatic carbocycles. The second-order valence-corrected chi connectivity index (χ2v) is 7.36. The number of nitrogens with one attached hydrogen (secondary N) is 2. The van der Waals surface area contributed by atoms with Crippen LogP contribution in [0.15, 0.2) is 24.3 Å². The van der Waals surface area contributed by atoms with Crippen molar-refractivity contribution in [3.63, 3.8) is 0 Å². The molecule has 1 aromatic heterocycles. The zero-order chi connectivity index (χ0) is 19.3. The van der Waals surface area contributed by atoms with Crippen molar-refractivity contribution in [2.24, 2.45) is 0 Å². The fraction of sp³-hybridized carbons (Fsp3) is 0.476. The number of hydrogen-bond donors (Lipinski definition) is 2. The third kappa shape index (κ3) is 4.52. The minimum Gasteiger partial charge on any atom is -0.486 e. The van der Waals surface area contributed by atoms with Gasteiger partial charge in [0, 0.05) is 23.5 Å². The summed E-state index contributed by atoms with van der Waals surface area (Å²) in [5.41, 5.74) is 1.91. The van der Waals surface area contributed by atoms with Crippen molar-refractivity contribution in [1.29, 1.82) is 0 Å². The maximum Gasteiger partial charge on any atom is 0.270 e. The molecule has 0 saturated heterocycles. The first-order chi connectivity index (χ1) is 13.7. The second-order valence-electron chi connectivity index (χ2n) is 7.36. The van der Waals surface area contributed by atoms with Crippen LogP contribution in [-0.2, 0) is 0 Å². The standard InChI is InChI=1S/C21H26N4O3/c1-14-12-17(20(26)23-15-6-4-2-3-5-7-15)25-21(22-14)24-16-8-9-18-19(13-16)28-11-10-27-18/h8-9,12-13,15H,2-7,10-11H2,1H3,(H,23,26)(H,22,24,25). The van der Waals surface area contributed by atoms with Crippen LogP contribution in [0.2, 0.25) is 0 Å². The highest BCUT2D eigenvalue weighted by molar-refractivity contribution is 5.92. The Balaban J connectivity index is 1.48. The van der Waals surface area contributed by atoms with Crippen molar-refractivity contribution in [3.8, 4) is 11.5 Å². The van der Waals surface area contributed by atoms with Gasteiger partial charge in [-0.1, -0.05) is 25.7 Å². The van der Waals surface area contributed by atoms with Gasteiger partial charge in [0.05, 0.1) is 0 Å². The van der Waals surface area contributed by atoms with Crippen molar-refractivity contribution >= 4 is 17.5 Å². The second kappa shape index (κ2) is 8.46. The van der Waals surface area contributed by atoms with E-state index < -0.39 is 0 Å². The van der Waals surface area contributed by atoms with Crippen LogP contribution in [0.1, 0.15) is 54.7 Å². The van der Waals surface area contributed by atoms with Gasteiger partial charge in [0.2, 0.25) is 5.95 Å². The lowest BCUT2D eigenvalue weighted by Crippen LogP contribution is -2.35. The van der Waals surface area contributed by atoms with Crippen LogP contribution in [0, 0.1) is 6.92 Å². The summed E-state index contributed by atoms with van der Waals surface area (Å²) in [4.78, 5) is 21.5. The molecule has 1 amide bonds. The number of aryl methyl sites for hydroxylation is 1. The van der Waals surface area contributed by atoms with Crippen LogP contribution < -0.4 is 20.1 Å². The minimum absolute atomic E-state index is 0.136. The van der Waals surface area contributed by atoms with Gasteiger partial charge in [-0.3, -0.25) is 4.79 Å². The van der Waals surface area contributed by atoms with Gasteiger partial charge in [-0.2, -0.15) is 0 Å². The summed E-state index contributed by atoms with van der Waals surface area (Å²) >= 11 is 0. The molecule has 4 rings (SSSR count). The first-order valence-corrected chi connectivity index (χ1v) is 10.0. The molecule has 0 radical (unpaired) electrons. The molecule has 2 N–H and O–H groups in total. The predicted molar refractivity (Wildman–Crippen MR) is 106 cm³/mol. The number of anilines is 2. The molecule has 2 aromatic rings. The van der Waals surface area contributed by atoms with E-state index in [1.807, 2.05) is 25.1 Å². The van der Waals surface area contributed by atoms with E-state index in [1.165, 1.54) is 25.7 Å². The van der Waals surface area contributed by atoms with Crippen molar-refractivity contribution in [1.82, 2.24) is 15.3 Å². The van der Waals surface area contributed by atoms with E-state index in [4.69, 9.17) is 9.47 Å². The molecule has 148 valence electrons. The summed E-state index contributed by atoms with van der Waals surface area (Å²) in [5, 5.41) is 6.31. The lowest BCUT2D eigenvalue weighted by atomic mass is 10.1. The maximum atomic E-state index is 12.7. The molecule has 2 aliphatic rings. The fourth-order valence-corrected chi connectivity index (χ4v) is 3.67. The number of nitrogens with zero attached hydrogens (tertiary/aromatic N) is 2. The Morgan fingerprint density at radius 1 is 1.00 bits per heavy atom. The number of amides is 1. The average Bonchev–Trinajstić information content (AvgIpc) is 2.96. The van der Waals surface area contributed by atoms with Gasteiger partial charge in [0.25, 0.3) is 5.91 Å². The van der Waals surface area contributed by atoms with Gasteiger partial charge in [-0.25, -0.2) is 9.97 Å². The fourth-order valence-electron chi connectivity index (χ4n) is 3.67. The largest absolute Gasteiger partial charge is 0.486 e. The monoisotopic (exact) mass is 382 g/mol. The van der Waals surface area contributed by atoms with E-state index in [-0.39, 0.29) is 11.9 Å². The highest BCUT2D eigenvalue weighted by atomic mass is 16.6. The molecule has 0 unspecified atom stereocenters. The van der Waals surface area contributed by atoms with Crippen LogP contribution in [0.5, 0.6) is 11.5 Å². The molecule has 7 nitrogen and oxygen atoms in total. The van der Waals surface area contributed by atoms with Crippen LogP contribution in [0.4, 0.5) is 11.6 Å². The molecule has 0 spiro atoms. The molecule has 1 saturated carbocycles. The topological polar surface area (TPSA) is 85.4 Å². The van der Waals surface area contributed by atoms with Crippen LogP contribution in [0.25, 0.3) is 0 Å². The van der Waals surface area contributed by atoms with Crippen molar-refractivity contribution in [2.45, 2.75) is 51.5 Å². The van der Waals surface area contributed by atoms with Gasteiger partial charge in [0.15, 0.2) is 11.5 Å². The molecular formula is C21H26N4O3. The van der Waals surface area contributed by atoms with E-state index in [2.05, 4.69) is 20.6 Å². The summed E-state index contributed by atoms with van der Waals surface area (Å²) in [7, 11) is 0. The van der Waals surface area contributed by atoms with E-state index in [9.17, 15) is 4.79 Å². The number of rotatable bonds is 4.